The van der Waals surface area contributed by atoms with Gasteiger partial charge in [-0.15, -0.1) is 0 Å². The van der Waals surface area contributed by atoms with Crippen molar-refractivity contribution in [2.24, 2.45) is 5.73 Å². The van der Waals surface area contributed by atoms with E-state index < -0.39 is 5.91 Å². The van der Waals surface area contributed by atoms with Crippen molar-refractivity contribution in [3.8, 4) is 5.75 Å². The average molecular weight is 490 g/mol. The van der Waals surface area contributed by atoms with E-state index in [4.69, 9.17) is 10.5 Å². The number of nitrogens with one attached hydrogen (secondary N) is 1. The number of benzene rings is 1. The summed E-state index contributed by atoms with van der Waals surface area (Å²) in [7, 11) is 0. The Morgan fingerprint density at radius 1 is 1.19 bits per heavy atom. The maximum Gasteiger partial charge on any atom is 0.258 e. The molecule has 0 bridgehead atoms. The summed E-state index contributed by atoms with van der Waals surface area (Å²) >= 11 is 0. The van der Waals surface area contributed by atoms with Crippen LogP contribution in [0.25, 0.3) is 10.9 Å². The summed E-state index contributed by atoms with van der Waals surface area (Å²) in [6, 6.07) is 9.13. The van der Waals surface area contributed by atoms with Gasteiger partial charge in [0.25, 0.3) is 5.91 Å². The van der Waals surface area contributed by atoms with Crippen LogP contribution in [-0.2, 0) is 9.59 Å². The maximum atomic E-state index is 13.8. The Bertz CT molecular complexity index is 1220. The first-order valence-corrected chi connectivity index (χ1v) is 12.5. The minimum Gasteiger partial charge on any atom is -0.493 e. The smallest absolute Gasteiger partial charge is 0.258 e. The SMILES string of the molecule is NC(=O)CCOc1ccc2c(C3CCNC(C(=O)N(c4cccnc4)N4CCCC4)C3)ncnc2c1. The van der Waals surface area contributed by atoms with Crippen LogP contribution in [0.1, 0.15) is 43.7 Å². The predicted molar refractivity (Wildman–Crippen MR) is 135 cm³/mol. The lowest BCUT2D eigenvalue weighted by atomic mass is 9.87. The number of nitrogens with two attached hydrogens (primary N) is 1. The third-order valence-corrected chi connectivity index (χ3v) is 6.81. The lowest BCUT2D eigenvalue weighted by Gasteiger charge is -2.37. The van der Waals surface area contributed by atoms with Crippen LogP contribution < -0.4 is 20.8 Å². The number of amides is 2. The lowest BCUT2D eigenvalue weighted by Crippen LogP contribution is -2.55. The summed E-state index contributed by atoms with van der Waals surface area (Å²) in [6.07, 6.45) is 8.87. The number of ether oxygens (including phenoxy) is 1. The maximum absolute atomic E-state index is 13.8. The van der Waals surface area contributed by atoms with E-state index in [1.165, 1.54) is 0 Å². The van der Waals surface area contributed by atoms with Crippen LogP contribution in [0.5, 0.6) is 5.75 Å². The number of hydrogen-bond donors (Lipinski definition) is 2. The number of aromatic nitrogens is 3. The largest absolute Gasteiger partial charge is 0.493 e. The first-order valence-electron chi connectivity index (χ1n) is 12.5. The number of rotatable bonds is 8. The van der Waals surface area contributed by atoms with Gasteiger partial charge in [-0.05, 0) is 56.5 Å². The zero-order valence-electron chi connectivity index (χ0n) is 20.2. The van der Waals surface area contributed by atoms with Gasteiger partial charge in [0.2, 0.25) is 5.91 Å². The zero-order chi connectivity index (χ0) is 24.9. The fourth-order valence-corrected chi connectivity index (χ4v) is 5.05. The van der Waals surface area contributed by atoms with Gasteiger partial charge < -0.3 is 15.8 Å². The molecule has 3 aromatic rings. The van der Waals surface area contributed by atoms with Crippen LogP contribution in [0.15, 0.2) is 49.1 Å². The first kappa shape index (κ1) is 24.1. The van der Waals surface area contributed by atoms with Crippen molar-refractivity contribution in [1.82, 2.24) is 25.3 Å². The molecule has 10 heteroatoms. The summed E-state index contributed by atoms with van der Waals surface area (Å²) in [5.41, 5.74) is 7.70. The molecule has 0 radical (unpaired) electrons. The third kappa shape index (κ3) is 5.29. The van der Waals surface area contributed by atoms with Crippen LogP contribution in [-0.4, -0.2) is 64.1 Å². The molecule has 2 fully saturated rings. The van der Waals surface area contributed by atoms with Crippen molar-refractivity contribution in [3.63, 3.8) is 0 Å². The Balaban J connectivity index is 1.35. The standard InChI is InChI=1S/C26H31N7O3/c27-24(34)8-13-36-20-5-6-21-22(15-20)30-17-31-25(21)18-7-10-29-23(14-18)26(35)33(32-11-1-2-12-32)19-4-3-9-28-16-19/h3-6,9,15-18,23,29H,1-2,7-8,10-14H2,(H2,27,34). The molecule has 4 heterocycles. The Kier molecular flexibility index (Phi) is 7.33. The highest BCUT2D eigenvalue weighted by molar-refractivity contribution is 5.96. The van der Waals surface area contributed by atoms with Gasteiger partial charge in [0.15, 0.2) is 0 Å². The molecule has 2 aliphatic heterocycles. The summed E-state index contributed by atoms with van der Waals surface area (Å²) in [4.78, 5) is 38.1. The number of hydrogen-bond acceptors (Lipinski definition) is 8. The van der Waals surface area contributed by atoms with Crippen molar-refractivity contribution in [2.75, 3.05) is 31.3 Å². The lowest BCUT2D eigenvalue weighted by molar-refractivity contribution is -0.124. The normalized spacial score (nSPS) is 20.3. The third-order valence-electron chi connectivity index (χ3n) is 6.81. The number of carbonyl (C=O) groups is 2. The molecule has 188 valence electrons. The number of fused-ring (bicyclic) bond motifs is 1. The van der Waals surface area contributed by atoms with E-state index in [0.29, 0.717) is 12.2 Å². The highest BCUT2D eigenvalue weighted by Gasteiger charge is 2.35. The van der Waals surface area contributed by atoms with Gasteiger partial charge in [0, 0.05) is 36.7 Å². The quantitative estimate of drug-likeness (QED) is 0.493. The molecule has 2 atom stereocenters. The van der Waals surface area contributed by atoms with Gasteiger partial charge >= 0.3 is 0 Å². The first-order chi connectivity index (χ1) is 17.6. The molecule has 3 N–H and O–H groups in total. The molecule has 36 heavy (non-hydrogen) atoms. The fourth-order valence-electron chi connectivity index (χ4n) is 5.05. The Hall–Kier alpha value is -3.63. The summed E-state index contributed by atoms with van der Waals surface area (Å²) in [6.45, 7) is 2.66. The van der Waals surface area contributed by atoms with Crippen molar-refractivity contribution in [1.29, 1.82) is 0 Å². The van der Waals surface area contributed by atoms with Crippen LogP contribution in [0, 0.1) is 0 Å². The summed E-state index contributed by atoms with van der Waals surface area (Å²) < 4.78 is 5.64. The molecule has 2 amide bonds. The molecule has 0 aliphatic carbocycles. The van der Waals surface area contributed by atoms with Crippen molar-refractivity contribution in [2.45, 2.75) is 44.1 Å². The van der Waals surface area contributed by atoms with Gasteiger partial charge in [-0.2, -0.15) is 0 Å². The van der Waals surface area contributed by atoms with Gasteiger partial charge in [-0.3, -0.25) is 14.6 Å². The zero-order valence-corrected chi connectivity index (χ0v) is 20.2. The topological polar surface area (TPSA) is 127 Å². The number of anilines is 1. The van der Waals surface area contributed by atoms with E-state index in [-0.39, 0.29) is 30.9 Å². The molecule has 0 saturated carbocycles. The minimum atomic E-state index is -0.401. The van der Waals surface area contributed by atoms with Crippen LogP contribution in [0.2, 0.25) is 0 Å². The molecule has 2 aromatic heterocycles. The summed E-state index contributed by atoms with van der Waals surface area (Å²) in [5, 5.41) is 8.33. The average Bonchev–Trinajstić information content (AvgIpc) is 3.43. The minimum absolute atomic E-state index is 0.0399. The van der Waals surface area contributed by atoms with Gasteiger partial charge in [-0.25, -0.2) is 20.0 Å². The van der Waals surface area contributed by atoms with Crippen molar-refractivity contribution < 1.29 is 14.3 Å². The van der Waals surface area contributed by atoms with Crippen molar-refractivity contribution in [3.05, 3.63) is 54.7 Å². The fraction of sp³-hybridized carbons (Fsp3) is 0.423. The molecule has 2 saturated heterocycles. The van der Waals surface area contributed by atoms with E-state index in [1.54, 1.807) is 18.7 Å². The Morgan fingerprint density at radius 3 is 2.83 bits per heavy atom. The predicted octanol–water partition coefficient (Wildman–Crippen LogP) is 2.16. The number of nitrogens with zero attached hydrogens (tertiary/aromatic N) is 5. The summed E-state index contributed by atoms with van der Waals surface area (Å²) in [5.74, 6) is 0.381. The second-order valence-electron chi connectivity index (χ2n) is 9.25. The molecule has 1 aromatic carbocycles. The number of carbonyl (C=O) groups excluding carboxylic acids is 2. The number of hydrazine groups is 1. The monoisotopic (exact) mass is 489 g/mol. The molecule has 2 aliphatic rings. The number of pyridine rings is 1. The highest BCUT2D eigenvalue weighted by Crippen LogP contribution is 2.33. The van der Waals surface area contributed by atoms with Crippen LogP contribution in [0.3, 0.4) is 0 Å². The molecule has 5 rings (SSSR count). The molecular formula is C26H31N7O3. The van der Waals surface area contributed by atoms with Gasteiger partial charge in [0.1, 0.15) is 12.1 Å². The molecule has 10 nitrogen and oxygen atoms in total. The van der Waals surface area contributed by atoms with Crippen molar-refractivity contribution >= 4 is 28.4 Å². The van der Waals surface area contributed by atoms with Gasteiger partial charge in [-0.1, -0.05) is 0 Å². The highest BCUT2D eigenvalue weighted by atomic mass is 16.5. The number of piperidine rings is 1. The second-order valence-corrected chi connectivity index (χ2v) is 9.25. The Morgan fingerprint density at radius 2 is 2.06 bits per heavy atom. The molecular weight excluding hydrogens is 458 g/mol. The second kappa shape index (κ2) is 11.0. The Labute approximate surface area is 209 Å². The van der Waals surface area contributed by atoms with E-state index in [9.17, 15) is 9.59 Å². The molecule has 2 unspecified atom stereocenters. The van der Waals surface area contributed by atoms with E-state index >= 15 is 0 Å². The molecule has 0 spiro atoms. The van der Waals surface area contributed by atoms with E-state index in [2.05, 4.69) is 25.3 Å². The number of primary amides is 1. The van der Waals surface area contributed by atoms with E-state index in [1.807, 2.05) is 35.3 Å². The van der Waals surface area contributed by atoms with E-state index in [0.717, 1.165) is 61.2 Å². The van der Waals surface area contributed by atoms with Crippen LogP contribution in [0.4, 0.5) is 5.69 Å². The van der Waals surface area contributed by atoms with Crippen LogP contribution >= 0.6 is 0 Å². The van der Waals surface area contributed by atoms with Gasteiger partial charge in [0.05, 0.1) is 42.2 Å².